The molecular weight excluding hydrogens is 194 g/mol. The summed E-state index contributed by atoms with van der Waals surface area (Å²) in [5.74, 6) is -0.823. The molecule has 13 heavy (non-hydrogen) atoms. The van der Waals surface area contributed by atoms with Gasteiger partial charge in [0.2, 0.25) is 0 Å². The van der Waals surface area contributed by atoms with Gasteiger partial charge in [-0.3, -0.25) is 0 Å². The fourth-order valence-electron chi connectivity index (χ4n) is 1.09. The van der Waals surface area contributed by atoms with Crippen molar-refractivity contribution in [1.29, 1.82) is 0 Å². The summed E-state index contributed by atoms with van der Waals surface area (Å²) >= 11 is 5.91. The second kappa shape index (κ2) is 4.05. The summed E-state index contributed by atoms with van der Waals surface area (Å²) in [4.78, 5) is 0. The highest BCUT2D eigenvalue weighted by Gasteiger charge is 2.16. The monoisotopic (exact) mass is 204 g/mol. The molecule has 0 spiro atoms. The van der Waals surface area contributed by atoms with Crippen LogP contribution in [0.15, 0.2) is 18.2 Å². The third-order valence-corrected chi connectivity index (χ3v) is 2.58. The summed E-state index contributed by atoms with van der Waals surface area (Å²) in [6.07, 6.45) is 0. The Labute approximate surface area is 81.5 Å². The first kappa shape index (κ1) is 10.5. The molecule has 0 saturated carbocycles. The van der Waals surface area contributed by atoms with Gasteiger partial charge in [-0.05, 0) is 24.1 Å². The summed E-state index contributed by atoms with van der Waals surface area (Å²) in [5.41, 5.74) is 0.233. The number of rotatable bonds is 2. The van der Waals surface area contributed by atoms with Gasteiger partial charge in [0.05, 0.1) is 5.38 Å². The van der Waals surface area contributed by atoms with Gasteiger partial charge in [-0.1, -0.05) is 13.8 Å². The lowest BCUT2D eigenvalue weighted by Gasteiger charge is -2.14. The van der Waals surface area contributed by atoms with Crippen molar-refractivity contribution in [1.82, 2.24) is 0 Å². The van der Waals surface area contributed by atoms with Crippen molar-refractivity contribution in [3.8, 4) is 0 Å². The molecule has 1 atom stereocenters. The number of halogens is 3. The molecule has 1 rings (SSSR count). The maximum atomic E-state index is 13.1. The minimum Gasteiger partial charge on any atom is -0.207 e. The molecule has 0 saturated heterocycles. The van der Waals surface area contributed by atoms with E-state index < -0.39 is 17.0 Å². The van der Waals surface area contributed by atoms with E-state index in [1.807, 2.05) is 13.8 Å². The minimum absolute atomic E-state index is 0.0815. The van der Waals surface area contributed by atoms with Crippen molar-refractivity contribution in [3.63, 3.8) is 0 Å². The Hall–Kier alpha value is -0.630. The van der Waals surface area contributed by atoms with Crippen molar-refractivity contribution in [2.45, 2.75) is 19.2 Å². The Morgan fingerprint density at radius 1 is 1.23 bits per heavy atom. The van der Waals surface area contributed by atoms with E-state index in [4.69, 9.17) is 11.6 Å². The van der Waals surface area contributed by atoms with Gasteiger partial charge in [0, 0.05) is 5.56 Å². The van der Waals surface area contributed by atoms with Gasteiger partial charge >= 0.3 is 0 Å². The van der Waals surface area contributed by atoms with Crippen LogP contribution in [0.1, 0.15) is 24.8 Å². The lowest BCUT2D eigenvalue weighted by atomic mass is 10.0. The van der Waals surface area contributed by atoms with Crippen LogP contribution in [0.3, 0.4) is 0 Å². The zero-order chi connectivity index (χ0) is 10.0. The second-order valence-electron chi connectivity index (χ2n) is 3.31. The van der Waals surface area contributed by atoms with Crippen molar-refractivity contribution >= 4 is 11.6 Å². The SMILES string of the molecule is CC(C)C(Cl)c1cc(F)ccc1F. The molecule has 1 aromatic carbocycles. The van der Waals surface area contributed by atoms with E-state index in [-0.39, 0.29) is 11.5 Å². The smallest absolute Gasteiger partial charge is 0.128 e. The molecule has 0 aliphatic heterocycles. The molecule has 0 fully saturated rings. The molecule has 1 unspecified atom stereocenters. The molecule has 0 N–H and O–H groups in total. The fraction of sp³-hybridized carbons (Fsp3) is 0.400. The molecule has 0 radical (unpaired) electrons. The Kier molecular flexibility index (Phi) is 3.26. The molecule has 0 heterocycles. The van der Waals surface area contributed by atoms with Crippen molar-refractivity contribution in [3.05, 3.63) is 35.4 Å². The highest BCUT2D eigenvalue weighted by atomic mass is 35.5. The van der Waals surface area contributed by atoms with Crippen LogP contribution in [0.5, 0.6) is 0 Å². The van der Waals surface area contributed by atoms with Gasteiger partial charge in [-0.15, -0.1) is 11.6 Å². The van der Waals surface area contributed by atoms with E-state index >= 15 is 0 Å². The van der Waals surface area contributed by atoms with Crippen LogP contribution >= 0.6 is 11.6 Å². The lowest BCUT2D eigenvalue weighted by Crippen LogP contribution is -2.02. The molecule has 3 heteroatoms. The van der Waals surface area contributed by atoms with E-state index in [0.29, 0.717) is 0 Å². The highest BCUT2D eigenvalue weighted by Crippen LogP contribution is 2.30. The van der Waals surface area contributed by atoms with E-state index in [1.165, 1.54) is 0 Å². The maximum Gasteiger partial charge on any atom is 0.128 e. The summed E-state index contributed by atoms with van der Waals surface area (Å²) in [6.45, 7) is 3.73. The first-order valence-electron chi connectivity index (χ1n) is 4.11. The van der Waals surface area contributed by atoms with E-state index in [0.717, 1.165) is 18.2 Å². The first-order chi connectivity index (χ1) is 6.02. The molecule has 0 amide bonds. The van der Waals surface area contributed by atoms with E-state index in [9.17, 15) is 8.78 Å². The average molecular weight is 205 g/mol. The third kappa shape index (κ3) is 2.41. The predicted octanol–water partition coefficient (Wildman–Crippen LogP) is 3.90. The van der Waals surface area contributed by atoms with Gasteiger partial charge in [0.25, 0.3) is 0 Å². The molecular formula is C10H11ClF2. The van der Waals surface area contributed by atoms with Gasteiger partial charge in [-0.25, -0.2) is 8.78 Å². The van der Waals surface area contributed by atoms with E-state index in [1.54, 1.807) is 0 Å². The number of alkyl halides is 1. The number of benzene rings is 1. The quantitative estimate of drug-likeness (QED) is 0.641. The fourth-order valence-corrected chi connectivity index (χ4v) is 1.25. The number of hydrogen-bond donors (Lipinski definition) is 0. The van der Waals surface area contributed by atoms with Crippen LogP contribution < -0.4 is 0 Å². The van der Waals surface area contributed by atoms with Crippen LogP contribution in [0.4, 0.5) is 8.78 Å². The predicted molar refractivity (Wildman–Crippen MR) is 49.8 cm³/mol. The molecule has 72 valence electrons. The normalized spacial score (nSPS) is 13.4. The van der Waals surface area contributed by atoms with Gasteiger partial charge < -0.3 is 0 Å². The Balaban J connectivity index is 3.05. The molecule has 0 aromatic heterocycles. The molecule has 0 bridgehead atoms. The number of hydrogen-bond acceptors (Lipinski definition) is 0. The van der Waals surface area contributed by atoms with E-state index in [2.05, 4.69) is 0 Å². The second-order valence-corrected chi connectivity index (χ2v) is 3.78. The minimum atomic E-state index is -0.476. The standard InChI is InChI=1S/C10H11ClF2/c1-6(2)10(11)8-5-7(12)3-4-9(8)13/h3-6,10H,1-2H3. The summed E-state index contributed by atoms with van der Waals surface area (Å²) in [5, 5.41) is -0.476. The molecule has 0 aliphatic carbocycles. The van der Waals surface area contributed by atoms with Crippen molar-refractivity contribution in [2.75, 3.05) is 0 Å². The topological polar surface area (TPSA) is 0 Å². The lowest BCUT2D eigenvalue weighted by molar-refractivity contribution is 0.548. The van der Waals surface area contributed by atoms with Crippen LogP contribution in [0, 0.1) is 17.6 Å². The largest absolute Gasteiger partial charge is 0.207 e. The Morgan fingerprint density at radius 2 is 1.85 bits per heavy atom. The van der Waals surface area contributed by atoms with Gasteiger partial charge in [0.1, 0.15) is 11.6 Å². The maximum absolute atomic E-state index is 13.1. The Bertz CT molecular complexity index is 297. The zero-order valence-corrected chi connectivity index (χ0v) is 8.28. The van der Waals surface area contributed by atoms with Crippen LogP contribution in [-0.4, -0.2) is 0 Å². The molecule has 1 aromatic rings. The van der Waals surface area contributed by atoms with Gasteiger partial charge in [0.15, 0.2) is 0 Å². The average Bonchev–Trinajstić information content (AvgIpc) is 2.08. The Morgan fingerprint density at radius 3 is 2.38 bits per heavy atom. The summed E-state index contributed by atoms with van der Waals surface area (Å²) in [7, 11) is 0. The van der Waals surface area contributed by atoms with Crippen LogP contribution in [-0.2, 0) is 0 Å². The molecule has 0 aliphatic rings. The molecule has 0 nitrogen and oxygen atoms in total. The van der Waals surface area contributed by atoms with Crippen molar-refractivity contribution in [2.24, 2.45) is 5.92 Å². The summed E-state index contributed by atoms with van der Waals surface area (Å²) < 4.78 is 25.9. The van der Waals surface area contributed by atoms with Gasteiger partial charge in [-0.2, -0.15) is 0 Å². The highest BCUT2D eigenvalue weighted by molar-refractivity contribution is 6.20. The summed E-state index contributed by atoms with van der Waals surface area (Å²) in [6, 6.07) is 3.33. The zero-order valence-electron chi connectivity index (χ0n) is 7.52. The third-order valence-electron chi connectivity index (χ3n) is 1.84. The first-order valence-corrected chi connectivity index (χ1v) is 4.55. The van der Waals surface area contributed by atoms with Crippen molar-refractivity contribution < 1.29 is 8.78 Å². The van der Waals surface area contributed by atoms with Crippen LogP contribution in [0.2, 0.25) is 0 Å². The van der Waals surface area contributed by atoms with Crippen LogP contribution in [0.25, 0.3) is 0 Å².